The molecule has 0 atom stereocenters. The number of benzene rings is 2. The molecular formula is C13H17N4+. The van der Waals surface area contributed by atoms with Gasteiger partial charge in [-0.2, -0.15) is 0 Å². The Bertz CT molecular complexity index is 428. The summed E-state index contributed by atoms with van der Waals surface area (Å²) < 4.78 is 0. The summed E-state index contributed by atoms with van der Waals surface area (Å²) in [5.41, 5.74) is 7.39. The molecule has 7 N–H and O–H groups in total. The first-order chi connectivity index (χ1) is 7.79. The van der Waals surface area contributed by atoms with E-state index < -0.39 is 0 Å². The summed E-state index contributed by atoms with van der Waals surface area (Å²) in [5, 5.41) is 7.63. The van der Waals surface area contributed by atoms with Crippen molar-refractivity contribution >= 4 is 17.3 Å². The normalized spacial score (nSPS) is 9.18. The monoisotopic (exact) mass is 229 g/mol. The topological polar surface area (TPSA) is 89.6 Å². The molecule has 0 radical (unpaired) electrons. The minimum absolute atomic E-state index is 0. The van der Waals surface area contributed by atoms with Crippen LogP contribution in [0.25, 0.3) is 0 Å². The van der Waals surface area contributed by atoms with E-state index in [1.165, 1.54) is 0 Å². The Hall–Kier alpha value is -2.33. The molecule has 0 aromatic heterocycles. The maximum Gasteiger partial charge on any atom is 0.197 e. The maximum atomic E-state index is 7.63. The number of nitrogens with one attached hydrogen (secondary N) is 1. The summed E-state index contributed by atoms with van der Waals surface area (Å²) in [4.78, 5) is 1.69. The van der Waals surface area contributed by atoms with Gasteiger partial charge in [0.1, 0.15) is 0 Å². The van der Waals surface area contributed by atoms with E-state index in [1.54, 1.807) is 4.90 Å². The Morgan fingerprint density at radius 1 is 0.824 bits per heavy atom. The van der Waals surface area contributed by atoms with Gasteiger partial charge in [-0.25, -0.2) is 0 Å². The first-order valence-electron chi connectivity index (χ1n) is 5.03. The molecule has 0 unspecified atom stereocenters. The van der Waals surface area contributed by atoms with Crippen LogP contribution < -0.4 is 16.8 Å². The highest BCUT2D eigenvalue weighted by Gasteiger charge is 2.10. The van der Waals surface area contributed by atoms with Crippen LogP contribution in [0.15, 0.2) is 60.7 Å². The molecule has 0 fully saturated rings. The summed E-state index contributed by atoms with van der Waals surface area (Å²) in [6, 6.07) is 19.3. The number of para-hydroxylation sites is 2. The highest BCUT2D eigenvalue weighted by Crippen LogP contribution is 2.23. The van der Waals surface area contributed by atoms with E-state index in [4.69, 9.17) is 11.1 Å². The summed E-state index contributed by atoms with van der Waals surface area (Å²) in [6.45, 7) is 0. The smallest absolute Gasteiger partial charge is 0.197 e. The predicted molar refractivity (Wildman–Crippen MR) is 72.9 cm³/mol. The molecule has 2 aromatic carbocycles. The van der Waals surface area contributed by atoms with Gasteiger partial charge in [-0.3, -0.25) is 10.3 Å². The zero-order chi connectivity index (χ0) is 11.4. The van der Waals surface area contributed by atoms with Crippen LogP contribution in [-0.2, 0) is 0 Å². The summed E-state index contributed by atoms with van der Waals surface area (Å²) in [6.07, 6.45) is 0. The first-order valence-corrected chi connectivity index (χ1v) is 5.03. The van der Waals surface area contributed by atoms with Crippen molar-refractivity contribution in [2.75, 3.05) is 4.90 Å². The van der Waals surface area contributed by atoms with Gasteiger partial charge in [0.05, 0.1) is 0 Å². The lowest BCUT2D eigenvalue weighted by Crippen LogP contribution is -2.32. The van der Waals surface area contributed by atoms with E-state index in [-0.39, 0.29) is 12.1 Å². The van der Waals surface area contributed by atoms with Crippen LogP contribution in [0.4, 0.5) is 11.4 Å². The van der Waals surface area contributed by atoms with Gasteiger partial charge in [-0.1, -0.05) is 36.4 Å². The van der Waals surface area contributed by atoms with Crippen molar-refractivity contribution in [1.82, 2.24) is 6.15 Å². The molecule has 2 aromatic rings. The van der Waals surface area contributed by atoms with E-state index >= 15 is 0 Å². The summed E-state index contributed by atoms with van der Waals surface area (Å²) in [5.74, 6) is 0.0115. The van der Waals surface area contributed by atoms with Crippen molar-refractivity contribution in [3.8, 4) is 0 Å². The molecule has 0 amide bonds. The third-order valence-electron chi connectivity index (χ3n) is 2.27. The summed E-state index contributed by atoms with van der Waals surface area (Å²) in [7, 11) is 0. The lowest BCUT2D eigenvalue weighted by molar-refractivity contribution is 1.26. The molecular weight excluding hydrogens is 212 g/mol. The van der Waals surface area contributed by atoms with Crippen molar-refractivity contribution in [2.45, 2.75) is 0 Å². The third kappa shape index (κ3) is 2.83. The van der Waals surface area contributed by atoms with E-state index in [2.05, 4.69) is 0 Å². The molecule has 0 aliphatic carbocycles. The fraction of sp³-hybridized carbons (Fsp3) is 0. The van der Waals surface area contributed by atoms with Crippen molar-refractivity contribution < 1.29 is 0 Å². The Balaban J connectivity index is 0.00000144. The average Bonchev–Trinajstić information content (AvgIpc) is 2.31. The second-order valence-electron chi connectivity index (χ2n) is 3.39. The molecule has 2 rings (SSSR count). The molecule has 17 heavy (non-hydrogen) atoms. The van der Waals surface area contributed by atoms with Crippen molar-refractivity contribution in [2.24, 2.45) is 5.73 Å². The molecule has 4 nitrogen and oxygen atoms in total. The average molecular weight is 229 g/mol. The largest absolute Gasteiger partial charge is 0.369 e. The van der Waals surface area contributed by atoms with E-state index in [0.29, 0.717) is 0 Å². The lowest BCUT2D eigenvalue weighted by atomic mass is 10.2. The van der Waals surface area contributed by atoms with E-state index in [1.807, 2.05) is 60.7 Å². The molecule has 0 bridgehead atoms. The number of rotatable bonds is 2. The quantitative estimate of drug-likeness (QED) is 0.545. The standard InChI is InChI=1S/C13H13N3.H3N/c14-13(15)16(11-7-3-1-4-8-11)12-9-5-2-6-10-12;/h1-10H,(H3,14,15);1H3/p+1. The number of hydrogen-bond donors (Lipinski definition) is 3. The van der Waals surface area contributed by atoms with Gasteiger partial charge in [-0.05, 0) is 24.3 Å². The van der Waals surface area contributed by atoms with Crippen LogP contribution in [0, 0.1) is 5.41 Å². The fourth-order valence-corrected chi connectivity index (χ4v) is 1.58. The maximum absolute atomic E-state index is 7.63. The number of anilines is 2. The molecule has 88 valence electrons. The van der Waals surface area contributed by atoms with Crippen LogP contribution in [0.1, 0.15) is 0 Å². The predicted octanol–water partition coefficient (Wildman–Crippen LogP) is 3.09. The molecule has 4 heteroatoms. The Labute approximate surface area is 101 Å². The lowest BCUT2D eigenvalue weighted by Gasteiger charge is -2.22. The first kappa shape index (κ1) is 12.7. The Kier molecular flexibility index (Phi) is 4.25. The number of guanidine groups is 1. The highest BCUT2D eigenvalue weighted by atomic mass is 15.2. The van der Waals surface area contributed by atoms with E-state index in [9.17, 15) is 0 Å². The minimum Gasteiger partial charge on any atom is -0.369 e. The Morgan fingerprint density at radius 2 is 1.18 bits per heavy atom. The Morgan fingerprint density at radius 3 is 1.47 bits per heavy atom. The van der Waals surface area contributed by atoms with Gasteiger partial charge >= 0.3 is 0 Å². The number of nitrogens with two attached hydrogens (primary N) is 1. The van der Waals surface area contributed by atoms with Crippen molar-refractivity contribution in [3.05, 3.63) is 60.7 Å². The van der Waals surface area contributed by atoms with Crippen LogP contribution in [0.3, 0.4) is 0 Å². The highest BCUT2D eigenvalue weighted by molar-refractivity contribution is 5.99. The van der Waals surface area contributed by atoms with Gasteiger partial charge in [0, 0.05) is 11.4 Å². The minimum atomic E-state index is 0. The zero-order valence-electron chi connectivity index (χ0n) is 9.80. The SMILES string of the molecule is N=C(N)N(c1ccccc1)c1ccccc1.[NH4+]. The molecule has 0 heterocycles. The molecule has 0 saturated heterocycles. The van der Waals surface area contributed by atoms with Gasteiger partial charge in [0.2, 0.25) is 0 Å². The number of hydrogen-bond acceptors (Lipinski definition) is 1. The van der Waals surface area contributed by atoms with Crippen LogP contribution in [0.2, 0.25) is 0 Å². The van der Waals surface area contributed by atoms with Gasteiger partial charge in [-0.15, -0.1) is 0 Å². The third-order valence-corrected chi connectivity index (χ3v) is 2.27. The molecule has 0 aliphatic rings. The van der Waals surface area contributed by atoms with Crippen molar-refractivity contribution in [3.63, 3.8) is 0 Å². The van der Waals surface area contributed by atoms with Crippen LogP contribution in [-0.4, -0.2) is 5.96 Å². The van der Waals surface area contributed by atoms with Gasteiger partial charge < -0.3 is 11.9 Å². The second kappa shape index (κ2) is 5.67. The zero-order valence-corrected chi connectivity index (χ0v) is 9.80. The van der Waals surface area contributed by atoms with Crippen LogP contribution in [0.5, 0.6) is 0 Å². The number of quaternary nitrogens is 1. The molecule has 0 spiro atoms. The summed E-state index contributed by atoms with van der Waals surface area (Å²) >= 11 is 0. The molecule has 0 aliphatic heterocycles. The van der Waals surface area contributed by atoms with E-state index in [0.717, 1.165) is 11.4 Å². The fourth-order valence-electron chi connectivity index (χ4n) is 1.58. The number of nitrogens with zero attached hydrogens (tertiary/aromatic N) is 1. The van der Waals surface area contributed by atoms with Gasteiger partial charge in [0.25, 0.3) is 0 Å². The van der Waals surface area contributed by atoms with Gasteiger partial charge in [0.15, 0.2) is 5.96 Å². The second-order valence-corrected chi connectivity index (χ2v) is 3.39. The van der Waals surface area contributed by atoms with Crippen LogP contribution >= 0.6 is 0 Å². The molecule has 0 saturated carbocycles. The van der Waals surface area contributed by atoms with Crippen molar-refractivity contribution in [1.29, 1.82) is 5.41 Å².